The summed E-state index contributed by atoms with van der Waals surface area (Å²) in [7, 11) is 0. The SMILES string of the molecule is CC[C@H](C)[C@H](NC(=O)[C@H](CCCN=C(N)N)NC(=O)[C@@H](NC(=O)[C@H](CO)NC(=O)[C@H](CC(=O)O)NC(=O)[C@@H](N)CC(C)C)C(C)C)C(=O)N[C@@H](Cc1ccccc1)C(N)=O. The summed E-state index contributed by atoms with van der Waals surface area (Å²) in [6.07, 6.45) is 0.0556. The molecule has 16 N–H and O–H groups in total. The molecule has 7 amide bonds. The van der Waals surface area contributed by atoms with Gasteiger partial charge in [-0.25, -0.2) is 0 Å². The number of guanidine groups is 1. The molecule has 0 aliphatic rings. The number of amides is 7. The Morgan fingerprint density at radius 1 is 0.683 bits per heavy atom. The van der Waals surface area contributed by atoms with Crippen LogP contribution in [0, 0.1) is 17.8 Å². The van der Waals surface area contributed by atoms with Crippen LogP contribution < -0.4 is 54.8 Å². The predicted molar refractivity (Wildman–Crippen MR) is 222 cm³/mol. The van der Waals surface area contributed by atoms with Gasteiger partial charge in [0.25, 0.3) is 0 Å². The molecule has 0 heterocycles. The highest BCUT2D eigenvalue weighted by atomic mass is 16.4. The van der Waals surface area contributed by atoms with Crippen LogP contribution in [-0.4, -0.2) is 119 Å². The standard InChI is InChI=1S/C39H65N11O10/c1-7-22(6)31(38(60)46-26(32(41)54)17-23-12-9-8-10-13-23)50-34(56)25(14-11-15-44-39(42)43)45-37(59)30(21(4)5)49-36(58)28(19-51)48-35(57)27(18-29(52)53)47-33(55)24(40)16-20(2)3/h8-10,12-13,20-22,24-28,30-31,51H,7,11,14-19,40H2,1-6H3,(H2,41,54)(H,45,59)(H,46,60)(H,47,55)(H,48,57)(H,49,58)(H,50,56)(H,52,53)(H4,42,43,44)/t22-,24-,25-,26-,27-,28-,30-,31-/m0/s1. The number of benzene rings is 1. The molecular weight excluding hydrogens is 782 g/mol. The maximum absolute atomic E-state index is 13.9. The summed E-state index contributed by atoms with van der Waals surface area (Å²) in [5.41, 5.74) is 23.1. The molecule has 336 valence electrons. The van der Waals surface area contributed by atoms with E-state index in [-0.39, 0.29) is 44.1 Å². The third kappa shape index (κ3) is 18.8. The Morgan fingerprint density at radius 3 is 1.72 bits per heavy atom. The fourth-order valence-electron chi connectivity index (χ4n) is 5.86. The number of carbonyl (C=O) groups is 8. The second-order valence-electron chi connectivity index (χ2n) is 15.4. The first-order valence-electron chi connectivity index (χ1n) is 19.9. The van der Waals surface area contributed by atoms with Gasteiger partial charge in [0.2, 0.25) is 41.4 Å². The minimum Gasteiger partial charge on any atom is -0.481 e. The van der Waals surface area contributed by atoms with Crippen LogP contribution in [0.25, 0.3) is 0 Å². The van der Waals surface area contributed by atoms with E-state index in [2.05, 4.69) is 36.9 Å². The number of carbonyl (C=O) groups excluding carboxylic acids is 7. The molecule has 60 heavy (non-hydrogen) atoms. The van der Waals surface area contributed by atoms with Gasteiger partial charge in [-0.05, 0) is 42.6 Å². The van der Waals surface area contributed by atoms with E-state index >= 15 is 0 Å². The number of carboxylic acid groups (broad SMARTS) is 1. The summed E-state index contributed by atoms with van der Waals surface area (Å²) in [5, 5.41) is 34.3. The molecule has 0 unspecified atom stereocenters. The van der Waals surface area contributed by atoms with Crippen LogP contribution in [0.5, 0.6) is 0 Å². The molecule has 0 saturated carbocycles. The third-order valence-electron chi connectivity index (χ3n) is 9.45. The minimum absolute atomic E-state index is 0.0154. The first-order valence-corrected chi connectivity index (χ1v) is 19.9. The Morgan fingerprint density at radius 2 is 1.20 bits per heavy atom. The van der Waals surface area contributed by atoms with Crippen molar-refractivity contribution >= 4 is 53.3 Å². The topological polar surface area (TPSA) is 366 Å². The summed E-state index contributed by atoms with van der Waals surface area (Å²) >= 11 is 0. The van der Waals surface area contributed by atoms with Gasteiger partial charge in [-0.2, -0.15) is 0 Å². The molecule has 0 radical (unpaired) electrons. The zero-order chi connectivity index (χ0) is 45.7. The van der Waals surface area contributed by atoms with E-state index in [4.69, 9.17) is 22.9 Å². The van der Waals surface area contributed by atoms with Crippen molar-refractivity contribution in [2.45, 2.75) is 122 Å². The van der Waals surface area contributed by atoms with Crippen LogP contribution in [-0.2, 0) is 44.8 Å². The van der Waals surface area contributed by atoms with Crippen LogP contribution >= 0.6 is 0 Å². The van der Waals surface area contributed by atoms with Gasteiger partial charge >= 0.3 is 5.97 Å². The Balaban J connectivity index is 3.29. The molecule has 0 aromatic heterocycles. The van der Waals surface area contributed by atoms with E-state index in [0.29, 0.717) is 6.42 Å². The summed E-state index contributed by atoms with van der Waals surface area (Å²) in [6, 6.07) is -0.488. The van der Waals surface area contributed by atoms with Gasteiger partial charge in [-0.15, -0.1) is 0 Å². The molecule has 1 aromatic carbocycles. The lowest BCUT2D eigenvalue weighted by Gasteiger charge is -2.30. The molecule has 0 saturated heterocycles. The Hall–Kier alpha value is -5.83. The highest BCUT2D eigenvalue weighted by molar-refractivity contribution is 5.98. The summed E-state index contributed by atoms with van der Waals surface area (Å²) in [5.74, 6) is -8.76. The average molecular weight is 848 g/mol. The number of aliphatic hydroxyl groups is 1. The Bertz CT molecular complexity index is 1640. The average Bonchev–Trinajstić information content (AvgIpc) is 3.17. The first-order chi connectivity index (χ1) is 28.1. The molecular formula is C39H65N11O10. The van der Waals surface area contributed by atoms with Gasteiger partial charge in [0, 0.05) is 13.0 Å². The fraction of sp³-hybridized carbons (Fsp3) is 0.615. The van der Waals surface area contributed by atoms with Crippen molar-refractivity contribution in [3.63, 3.8) is 0 Å². The molecule has 1 rings (SSSR count). The largest absolute Gasteiger partial charge is 0.481 e. The second kappa shape index (κ2) is 26.3. The van der Waals surface area contributed by atoms with Crippen molar-refractivity contribution in [1.82, 2.24) is 31.9 Å². The normalized spacial score (nSPS) is 15.1. The number of nitrogens with one attached hydrogen (secondary N) is 6. The monoisotopic (exact) mass is 847 g/mol. The minimum atomic E-state index is -1.70. The van der Waals surface area contributed by atoms with E-state index in [1.807, 2.05) is 13.8 Å². The number of primary amides is 1. The number of nitrogens with two attached hydrogens (primary N) is 4. The highest BCUT2D eigenvalue weighted by Gasteiger charge is 2.35. The molecule has 0 aliphatic carbocycles. The van der Waals surface area contributed by atoms with Gasteiger partial charge in [-0.3, -0.25) is 43.3 Å². The van der Waals surface area contributed by atoms with E-state index in [0.717, 1.165) is 5.56 Å². The lowest BCUT2D eigenvalue weighted by Crippen LogP contribution is -2.62. The lowest BCUT2D eigenvalue weighted by atomic mass is 9.96. The number of rotatable bonds is 27. The summed E-state index contributed by atoms with van der Waals surface area (Å²) in [6.45, 7) is 9.40. The van der Waals surface area contributed by atoms with Crippen molar-refractivity contribution in [2.75, 3.05) is 13.2 Å². The van der Waals surface area contributed by atoms with Crippen molar-refractivity contribution in [3.05, 3.63) is 35.9 Å². The van der Waals surface area contributed by atoms with Gasteiger partial charge in [0.05, 0.1) is 19.1 Å². The van der Waals surface area contributed by atoms with E-state index in [1.54, 1.807) is 58.0 Å². The van der Waals surface area contributed by atoms with Gasteiger partial charge in [0.1, 0.15) is 36.3 Å². The predicted octanol–water partition coefficient (Wildman–Crippen LogP) is -2.78. The number of aliphatic imine (C=N–C) groups is 1. The van der Waals surface area contributed by atoms with Gasteiger partial charge in [0.15, 0.2) is 5.96 Å². The maximum Gasteiger partial charge on any atom is 0.305 e. The van der Waals surface area contributed by atoms with Crippen LogP contribution in [0.2, 0.25) is 0 Å². The van der Waals surface area contributed by atoms with Gasteiger partial charge < -0.3 is 65.0 Å². The van der Waals surface area contributed by atoms with Crippen LogP contribution in [0.3, 0.4) is 0 Å². The van der Waals surface area contributed by atoms with Crippen molar-refractivity contribution < 1.29 is 48.6 Å². The molecule has 0 fully saturated rings. The molecule has 8 atom stereocenters. The zero-order valence-corrected chi connectivity index (χ0v) is 35.2. The van der Waals surface area contributed by atoms with E-state index in [1.165, 1.54) is 0 Å². The fourth-order valence-corrected chi connectivity index (χ4v) is 5.86. The quantitative estimate of drug-likeness (QED) is 0.0243. The van der Waals surface area contributed by atoms with Crippen LogP contribution in [0.1, 0.15) is 79.2 Å². The number of carboxylic acids is 1. The number of hydrogen-bond acceptors (Lipinski definition) is 11. The van der Waals surface area contributed by atoms with E-state index in [9.17, 15) is 48.6 Å². The zero-order valence-electron chi connectivity index (χ0n) is 35.2. The number of hydrogen-bond donors (Lipinski definition) is 12. The van der Waals surface area contributed by atoms with Crippen molar-refractivity contribution in [2.24, 2.45) is 45.7 Å². The summed E-state index contributed by atoms with van der Waals surface area (Å²) in [4.78, 5) is 108. The van der Waals surface area contributed by atoms with Crippen molar-refractivity contribution in [1.29, 1.82) is 0 Å². The van der Waals surface area contributed by atoms with Gasteiger partial charge in [-0.1, -0.05) is 78.3 Å². The highest BCUT2D eigenvalue weighted by Crippen LogP contribution is 2.13. The molecule has 0 aliphatic heterocycles. The smallest absolute Gasteiger partial charge is 0.305 e. The molecule has 1 aromatic rings. The summed E-state index contributed by atoms with van der Waals surface area (Å²) < 4.78 is 0. The Kier molecular flexibility index (Phi) is 22.9. The Labute approximate surface area is 350 Å². The third-order valence-corrected chi connectivity index (χ3v) is 9.45. The van der Waals surface area contributed by atoms with Crippen molar-refractivity contribution in [3.8, 4) is 0 Å². The van der Waals surface area contributed by atoms with E-state index < -0.39 is 114 Å². The molecule has 0 bridgehead atoms. The van der Waals surface area contributed by atoms with Crippen LogP contribution in [0.4, 0.5) is 0 Å². The number of aliphatic hydroxyl groups excluding tert-OH is 1. The molecule has 21 nitrogen and oxygen atoms in total. The number of aliphatic carboxylic acids is 1. The molecule has 21 heteroatoms. The maximum atomic E-state index is 13.9. The second-order valence-corrected chi connectivity index (χ2v) is 15.4. The number of nitrogens with zero attached hydrogens (tertiary/aromatic N) is 1. The lowest BCUT2D eigenvalue weighted by molar-refractivity contribution is -0.141. The molecule has 0 spiro atoms. The first kappa shape index (κ1) is 52.2. The van der Waals surface area contributed by atoms with Crippen LogP contribution in [0.15, 0.2) is 35.3 Å².